The molecule has 4 aliphatic rings. The van der Waals surface area contributed by atoms with E-state index in [1.807, 2.05) is 0 Å². The van der Waals surface area contributed by atoms with Crippen LogP contribution in [0, 0.1) is 52.3 Å². The fraction of sp³-hybridized carbons (Fsp3) is 0.963. The second kappa shape index (κ2) is 7.95. The molecular formula is C27H46O2. The minimum Gasteiger partial charge on any atom is -0.393 e. The van der Waals surface area contributed by atoms with Gasteiger partial charge in [-0.05, 0) is 110 Å². The Bertz CT molecular complexity index is 612. The highest BCUT2D eigenvalue weighted by atomic mass is 16.3. The molecule has 9 atom stereocenters. The van der Waals surface area contributed by atoms with E-state index < -0.39 is 0 Å². The zero-order valence-corrected chi connectivity index (χ0v) is 19.8. The molecule has 4 rings (SSSR count). The summed E-state index contributed by atoms with van der Waals surface area (Å²) < 4.78 is 0. The third-order valence-electron chi connectivity index (χ3n) is 10.9. The van der Waals surface area contributed by atoms with Crippen LogP contribution in [0.15, 0.2) is 0 Å². The number of carbonyl (C=O) groups is 1. The zero-order chi connectivity index (χ0) is 21.0. The molecule has 0 aromatic heterocycles. The van der Waals surface area contributed by atoms with Crippen molar-refractivity contribution in [2.45, 2.75) is 111 Å². The predicted octanol–water partition coefficient (Wildman–Crippen LogP) is 6.65. The summed E-state index contributed by atoms with van der Waals surface area (Å²) in [5, 5.41) is 10.3. The SMILES string of the molecule is CC(C)[C@@H](O)CC[C@@H](C)[C@H]1CC[C@H]2[C@@H]3CC[C@@H]4CC(=O)CC[C@]4(C)[C@H]3CC[C@]12C. The Morgan fingerprint density at radius 2 is 1.66 bits per heavy atom. The van der Waals surface area contributed by atoms with Crippen molar-refractivity contribution in [2.24, 2.45) is 52.3 Å². The smallest absolute Gasteiger partial charge is 0.133 e. The first-order chi connectivity index (χ1) is 13.7. The van der Waals surface area contributed by atoms with Crippen LogP contribution in [0.25, 0.3) is 0 Å². The fourth-order valence-electron chi connectivity index (χ4n) is 8.99. The Labute approximate surface area is 179 Å². The summed E-state index contributed by atoms with van der Waals surface area (Å²) in [5.41, 5.74) is 0.945. The highest BCUT2D eigenvalue weighted by molar-refractivity contribution is 5.79. The Morgan fingerprint density at radius 3 is 2.38 bits per heavy atom. The normalized spacial score (nSPS) is 46.7. The van der Waals surface area contributed by atoms with Crippen LogP contribution in [-0.4, -0.2) is 17.0 Å². The molecule has 29 heavy (non-hydrogen) atoms. The zero-order valence-electron chi connectivity index (χ0n) is 19.8. The molecule has 0 amide bonds. The number of aliphatic hydroxyl groups is 1. The molecule has 0 unspecified atom stereocenters. The number of rotatable bonds is 5. The first-order valence-corrected chi connectivity index (χ1v) is 12.9. The third-order valence-corrected chi connectivity index (χ3v) is 10.9. The minimum absolute atomic E-state index is 0.137. The second-order valence-corrected chi connectivity index (χ2v) is 12.5. The summed E-state index contributed by atoms with van der Waals surface area (Å²) in [6, 6.07) is 0. The van der Waals surface area contributed by atoms with E-state index in [1.165, 1.54) is 44.9 Å². The van der Waals surface area contributed by atoms with E-state index >= 15 is 0 Å². The minimum atomic E-state index is -0.137. The molecule has 4 saturated carbocycles. The largest absolute Gasteiger partial charge is 0.393 e. The van der Waals surface area contributed by atoms with E-state index in [2.05, 4.69) is 34.6 Å². The maximum absolute atomic E-state index is 12.1. The average Bonchev–Trinajstić information content (AvgIpc) is 3.03. The van der Waals surface area contributed by atoms with E-state index in [1.54, 1.807) is 0 Å². The molecule has 0 radical (unpaired) electrons. The average molecular weight is 403 g/mol. The molecule has 0 spiro atoms. The standard InChI is InChI=1S/C27H46O2/c1-17(2)25(29)11-6-18(3)22-9-10-23-21-8-7-19-16-20(28)12-14-26(19,4)24(21)13-15-27(22,23)5/h17-19,21-25,29H,6-16H2,1-5H3/t18-,19-,21+,22-,23+,24+,25+,26+,27-/m1/s1. The van der Waals surface area contributed by atoms with Crippen molar-refractivity contribution < 1.29 is 9.90 Å². The van der Waals surface area contributed by atoms with Crippen LogP contribution in [0.4, 0.5) is 0 Å². The molecule has 0 aromatic carbocycles. The van der Waals surface area contributed by atoms with Gasteiger partial charge in [0.05, 0.1) is 6.10 Å². The van der Waals surface area contributed by atoms with Gasteiger partial charge >= 0.3 is 0 Å². The maximum atomic E-state index is 12.1. The molecule has 1 N–H and O–H groups in total. The maximum Gasteiger partial charge on any atom is 0.133 e. The molecule has 0 aliphatic heterocycles. The number of fused-ring (bicyclic) bond motifs is 5. The van der Waals surface area contributed by atoms with Gasteiger partial charge in [0.2, 0.25) is 0 Å². The number of aliphatic hydroxyl groups excluding tert-OH is 1. The van der Waals surface area contributed by atoms with Gasteiger partial charge in [0.15, 0.2) is 0 Å². The van der Waals surface area contributed by atoms with Gasteiger partial charge < -0.3 is 5.11 Å². The lowest BCUT2D eigenvalue weighted by molar-refractivity contribution is -0.140. The van der Waals surface area contributed by atoms with Crippen LogP contribution < -0.4 is 0 Å². The van der Waals surface area contributed by atoms with E-state index in [-0.39, 0.29) is 6.10 Å². The number of Topliss-reactive ketones (excluding diaryl/α,β-unsaturated/α-hetero) is 1. The van der Waals surface area contributed by atoms with Gasteiger partial charge in [-0.2, -0.15) is 0 Å². The van der Waals surface area contributed by atoms with Crippen molar-refractivity contribution in [3.63, 3.8) is 0 Å². The van der Waals surface area contributed by atoms with Gasteiger partial charge in [0.1, 0.15) is 5.78 Å². The second-order valence-electron chi connectivity index (χ2n) is 12.5. The monoisotopic (exact) mass is 402 g/mol. The molecule has 4 aliphatic carbocycles. The number of ketones is 1. The van der Waals surface area contributed by atoms with Gasteiger partial charge in [0.25, 0.3) is 0 Å². The highest BCUT2D eigenvalue weighted by Gasteiger charge is 2.60. The molecule has 0 aromatic rings. The molecule has 2 heteroatoms. The van der Waals surface area contributed by atoms with Gasteiger partial charge in [-0.15, -0.1) is 0 Å². The molecule has 4 fully saturated rings. The van der Waals surface area contributed by atoms with Crippen LogP contribution in [0.2, 0.25) is 0 Å². The molecule has 2 nitrogen and oxygen atoms in total. The third kappa shape index (κ3) is 3.64. The lowest BCUT2D eigenvalue weighted by Gasteiger charge is -2.60. The summed E-state index contributed by atoms with van der Waals surface area (Å²) >= 11 is 0. The Balaban J connectivity index is 1.46. The molecule has 0 saturated heterocycles. The lowest BCUT2D eigenvalue weighted by Crippen LogP contribution is -2.53. The number of hydrogen-bond acceptors (Lipinski definition) is 2. The molecular weight excluding hydrogens is 356 g/mol. The lowest BCUT2D eigenvalue weighted by atomic mass is 9.44. The van der Waals surface area contributed by atoms with E-state index in [0.717, 1.165) is 55.3 Å². The molecule has 166 valence electrons. The van der Waals surface area contributed by atoms with Crippen LogP contribution >= 0.6 is 0 Å². The van der Waals surface area contributed by atoms with E-state index in [0.29, 0.717) is 28.4 Å². The van der Waals surface area contributed by atoms with Gasteiger partial charge in [-0.25, -0.2) is 0 Å². The van der Waals surface area contributed by atoms with Gasteiger partial charge in [0, 0.05) is 12.8 Å². The number of carbonyl (C=O) groups excluding carboxylic acids is 1. The molecule has 0 bridgehead atoms. The molecule has 0 heterocycles. The summed E-state index contributed by atoms with van der Waals surface area (Å²) in [4.78, 5) is 12.1. The van der Waals surface area contributed by atoms with E-state index in [4.69, 9.17) is 0 Å². The van der Waals surface area contributed by atoms with Crippen LogP contribution in [0.5, 0.6) is 0 Å². The van der Waals surface area contributed by atoms with Gasteiger partial charge in [-0.1, -0.05) is 34.6 Å². The predicted molar refractivity (Wildman–Crippen MR) is 119 cm³/mol. The summed E-state index contributed by atoms with van der Waals surface area (Å²) in [5.74, 6) is 5.82. The summed E-state index contributed by atoms with van der Waals surface area (Å²) in [6.45, 7) is 12.0. The fourth-order valence-corrected chi connectivity index (χ4v) is 8.99. The van der Waals surface area contributed by atoms with Crippen LogP contribution in [-0.2, 0) is 4.79 Å². The first-order valence-electron chi connectivity index (χ1n) is 12.9. The van der Waals surface area contributed by atoms with Crippen LogP contribution in [0.3, 0.4) is 0 Å². The van der Waals surface area contributed by atoms with Crippen molar-refractivity contribution in [1.82, 2.24) is 0 Å². The van der Waals surface area contributed by atoms with Gasteiger partial charge in [-0.3, -0.25) is 4.79 Å². The van der Waals surface area contributed by atoms with Crippen molar-refractivity contribution in [3.05, 3.63) is 0 Å². The topological polar surface area (TPSA) is 37.3 Å². The Kier molecular flexibility index (Phi) is 5.99. The van der Waals surface area contributed by atoms with E-state index in [9.17, 15) is 9.90 Å². The Morgan fingerprint density at radius 1 is 0.931 bits per heavy atom. The quantitative estimate of drug-likeness (QED) is 0.559. The van der Waals surface area contributed by atoms with Crippen molar-refractivity contribution in [3.8, 4) is 0 Å². The van der Waals surface area contributed by atoms with Crippen molar-refractivity contribution in [1.29, 1.82) is 0 Å². The van der Waals surface area contributed by atoms with Crippen molar-refractivity contribution >= 4 is 5.78 Å². The van der Waals surface area contributed by atoms with Crippen molar-refractivity contribution in [2.75, 3.05) is 0 Å². The van der Waals surface area contributed by atoms with Crippen LogP contribution in [0.1, 0.15) is 105 Å². The first kappa shape index (κ1) is 21.8. The summed E-state index contributed by atoms with van der Waals surface area (Å²) in [6.07, 6.45) is 13.2. The number of hydrogen-bond donors (Lipinski definition) is 1. The summed E-state index contributed by atoms with van der Waals surface area (Å²) in [7, 11) is 0. The highest BCUT2D eigenvalue weighted by Crippen LogP contribution is 2.68. The Hall–Kier alpha value is -0.370.